The molecule has 4 heteroatoms. The van der Waals surface area contributed by atoms with Gasteiger partial charge in [0, 0.05) is 32.3 Å². The van der Waals surface area contributed by atoms with Crippen molar-refractivity contribution < 1.29 is 0 Å². The monoisotopic (exact) mass is 743 g/mol. The Bertz CT molecular complexity index is 3300. The van der Waals surface area contributed by atoms with Gasteiger partial charge in [0.15, 0.2) is 5.82 Å². The minimum absolute atomic E-state index is 0.708. The Hall–Kier alpha value is -7.27. The summed E-state index contributed by atoms with van der Waals surface area (Å²) in [5.74, 6) is 0.708. The zero-order valence-electron chi connectivity index (χ0n) is 30.8. The predicted molar refractivity (Wildman–Crippen MR) is 240 cm³/mol. The van der Waals surface area contributed by atoms with Crippen molar-refractivity contribution in [2.75, 3.05) is 0 Å². The van der Waals surface area contributed by atoms with Crippen molar-refractivity contribution in [2.45, 2.75) is 0 Å². The molecule has 0 amide bonds. The molecular formula is C53H33N3S. The molecule has 0 atom stereocenters. The van der Waals surface area contributed by atoms with Crippen LogP contribution in [0.3, 0.4) is 0 Å². The van der Waals surface area contributed by atoms with Crippen LogP contribution in [0.25, 0.3) is 109 Å². The highest BCUT2D eigenvalue weighted by Crippen LogP contribution is 2.41. The van der Waals surface area contributed by atoms with E-state index in [0.717, 1.165) is 71.6 Å². The summed E-state index contributed by atoms with van der Waals surface area (Å²) >= 11 is 1.75. The van der Waals surface area contributed by atoms with Crippen LogP contribution in [0, 0.1) is 0 Å². The molecule has 11 aromatic rings. The molecule has 0 saturated heterocycles. The van der Waals surface area contributed by atoms with Gasteiger partial charge in [0.2, 0.25) is 0 Å². The van der Waals surface area contributed by atoms with Crippen LogP contribution in [0.4, 0.5) is 0 Å². The first-order valence-corrected chi connectivity index (χ1v) is 20.0. The third kappa shape index (κ3) is 5.95. The zero-order valence-corrected chi connectivity index (χ0v) is 31.6. The van der Waals surface area contributed by atoms with E-state index in [1.165, 1.54) is 31.8 Å². The third-order valence-electron chi connectivity index (χ3n) is 10.9. The number of benzene rings is 8. The number of nitrogens with zero attached hydrogens (tertiary/aromatic N) is 3. The van der Waals surface area contributed by atoms with Crippen molar-refractivity contribution >= 4 is 53.2 Å². The summed E-state index contributed by atoms with van der Waals surface area (Å²) in [5, 5.41) is 6.15. The number of fused-ring (bicyclic) bond motifs is 6. The van der Waals surface area contributed by atoms with Gasteiger partial charge in [-0.2, -0.15) is 0 Å². The minimum Gasteiger partial charge on any atom is -0.248 e. The molecule has 266 valence electrons. The van der Waals surface area contributed by atoms with Crippen LogP contribution in [-0.4, -0.2) is 15.0 Å². The number of hydrogen-bond donors (Lipinski definition) is 0. The molecule has 0 fully saturated rings. The summed E-state index contributed by atoms with van der Waals surface area (Å²) in [6.45, 7) is 0. The normalized spacial score (nSPS) is 11.5. The van der Waals surface area contributed by atoms with Gasteiger partial charge in [-0.25, -0.2) is 15.0 Å². The van der Waals surface area contributed by atoms with Crippen molar-refractivity contribution in [1.82, 2.24) is 15.0 Å². The quantitative estimate of drug-likeness (QED) is 0.159. The van der Waals surface area contributed by atoms with Gasteiger partial charge in [-0.15, -0.1) is 11.3 Å². The van der Waals surface area contributed by atoms with Crippen LogP contribution < -0.4 is 0 Å². The van der Waals surface area contributed by atoms with E-state index in [9.17, 15) is 0 Å². The van der Waals surface area contributed by atoms with E-state index in [2.05, 4.69) is 188 Å². The topological polar surface area (TPSA) is 38.7 Å². The third-order valence-corrected chi connectivity index (χ3v) is 12.0. The van der Waals surface area contributed by atoms with Crippen molar-refractivity contribution in [3.63, 3.8) is 0 Å². The number of pyridine rings is 1. The highest BCUT2D eigenvalue weighted by atomic mass is 32.1. The van der Waals surface area contributed by atoms with E-state index in [1.807, 2.05) is 12.1 Å². The fraction of sp³-hybridized carbons (Fsp3) is 0. The van der Waals surface area contributed by atoms with Gasteiger partial charge in [0.25, 0.3) is 0 Å². The summed E-state index contributed by atoms with van der Waals surface area (Å²) in [5.41, 5.74) is 12.5. The Labute approximate surface area is 334 Å². The lowest BCUT2D eigenvalue weighted by atomic mass is 9.92. The molecule has 0 aliphatic rings. The first-order chi connectivity index (χ1) is 28.2. The summed E-state index contributed by atoms with van der Waals surface area (Å²) in [4.78, 5) is 15.8. The Morgan fingerprint density at radius 2 is 0.912 bits per heavy atom. The number of aromatic nitrogens is 3. The Morgan fingerprint density at radius 3 is 1.72 bits per heavy atom. The zero-order chi connectivity index (χ0) is 37.7. The molecule has 8 aromatic carbocycles. The molecule has 3 aromatic heterocycles. The van der Waals surface area contributed by atoms with Gasteiger partial charge in [-0.05, 0) is 80.2 Å². The van der Waals surface area contributed by atoms with Gasteiger partial charge in [-0.1, -0.05) is 164 Å². The van der Waals surface area contributed by atoms with Crippen LogP contribution >= 0.6 is 11.3 Å². The lowest BCUT2D eigenvalue weighted by molar-refractivity contribution is 1.24. The number of rotatable bonds is 6. The highest BCUT2D eigenvalue weighted by Gasteiger charge is 2.18. The number of hydrogen-bond acceptors (Lipinski definition) is 4. The molecule has 0 N–H and O–H groups in total. The molecule has 0 saturated carbocycles. The van der Waals surface area contributed by atoms with Crippen LogP contribution in [0.15, 0.2) is 200 Å². The van der Waals surface area contributed by atoms with E-state index in [1.54, 1.807) is 11.3 Å². The number of thiophene rings is 1. The largest absolute Gasteiger partial charge is 0.248 e. The van der Waals surface area contributed by atoms with Gasteiger partial charge in [0.05, 0.1) is 27.3 Å². The van der Waals surface area contributed by atoms with Gasteiger partial charge < -0.3 is 0 Å². The van der Waals surface area contributed by atoms with Crippen molar-refractivity contribution in [2.24, 2.45) is 0 Å². The van der Waals surface area contributed by atoms with E-state index in [0.29, 0.717) is 5.82 Å². The van der Waals surface area contributed by atoms with E-state index in [-0.39, 0.29) is 0 Å². The minimum atomic E-state index is 0.708. The molecule has 3 heterocycles. The molecule has 0 radical (unpaired) electrons. The van der Waals surface area contributed by atoms with Gasteiger partial charge in [-0.3, -0.25) is 0 Å². The second kappa shape index (κ2) is 13.8. The van der Waals surface area contributed by atoms with Crippen LogP contribution in [0.2, 0.25) is 0 Å². The predicted octanol–water partition coefficient (Wildman–Crippen LogP) is 14.5. The summed E-state index contributed by atoms with van der Waals surface area (Å²) in [6.07, 6.45) is 0. The van der Waals surface area contributed by atoms with Crippen LogP contribution in [-0.2, 0) is 0 Å². The van der Waals surface area contributed by atoms with Crippen molar-refractivity contribution in [1.29, 1.82) is 0 Å². The molecule has 0 aliphatic heterocycles. The Morgan fingerprint density at radius 1 is 0.333 bits per heavy atom. The Kier molecular flexibility index (Phi) is 8.01. The lowest BCUT2D eigenvalue weighted by Gasteiger charge is -2.14. The van der Waals surface area contributed by atoms with Crippen molar-refractivity contribution in [3.05, 3.63) is 200 Å². The fourth-order valence-electron chi connectivity index (χ4n) is 8.09. The molecule has 57 heavy (non-hydrogen) atoms. The first-order valence-electron chi connectivity index (χ1n) is 19.2. The molecule has 0 unspecified atom stereocenters. The smallest absolute Gasteiger partial charge is 0.160 e. The van der Waals surface area contributed by atoms with Gasteiger partial charge in [0.1, 0.15) is 0 Å². The summed E-state index contributed by atoms with van der Waals surface area (Å²) in [7, 11) is 0. The van der Waals surface area contributed by atoms with E-state index >= 15 is 0 Å². The Balaban J connectivity index is 1.07. The van der Waals surface area contributed by atoms with Crippen LogP contribution in [0.5, 0.6) is 0 Å². The molecule has 0 aliphatic carbocycles. The fourth-order valence-corrected chi connectivity index (χ4v) is 9.24. The molecule has 3 nitrogen and oxygen atoms in total. The second-order valence-electron chi connectivity index (χ2n) is 14.4. The summed E-state index contributed by atoms with van der Waals surface area (Å²) < 4.78 is 2.31. The molecule has 0 spiro atoms. The standard InChI is InChI=1S/C53H33N3S/c1-3-15-34(16-4-1)47-32-41(33-48(54-47)39-22-14-21-37(30-39)46-31-38-19-7-8-24-42(38)43-25-9-10-26-44(43)46)36-20-13-23-40(29-36)53-55-50(35-17-5-2-6-18-35)52-51(56-53)45-27-11-12-28-49(45)57-52/h1-33H. The molecule has 0 bridgehead atoms. The maximum Gasteiger partial charge on any atom is 0.160 e. The second-order valence-corrected chi connectivity index (χ2v) is 15.4. The van der Waals surface area contributed by atoms with E-state index in [4.69, 9.17) is 15.0 Å². The van der Waals surface area contributed by atoms with Crippen molar-refractivity contribution in [3.8, 4) is 67.4 Å². The first kappa shape index (κ1) is 33.1. The SMILES string of the molecule is c1ccc(-c2cc(-c3cccc(-c4nc(-c5ccccc5)c5sc6ccccc6c5n4)c3)cc(-c3cccc(-c4cc5ccccc5c5ccccc45)c3)n2)cc1. The molecular weight excluding hydrogens is 711 g/mol. The maximum absolute atomic E-state index is 5.31. The van der Waals surface area contributed by atoms with Gasteiger partial charge >= 0.3 is 0 Å². The average molecular weight is 744 g/mol. The van der Waals surface area contributed by atoms with E-state index < -0.39 is 0 Å². The maximum atomic E-state index is 5.31. The lowest BCUT2D eigenvalue weighted by Crippen LogP contribution is -1.95. The average Bonchev–Trinajstić information content (AvgIpc) is 3.68. The molecule has 11 rings (SSSR count). The highest BCUT2D eigenvalue weighted by molar-refractivity contribution is 7.26. The summed E-state index contributed by atoms with van der Waals surface area (Å²) in [6, 6.07) is 70.9. The van der Waals surface area contributed by atoms with Crippen LogP contribution in [0.1, 0.15) is 0 Å².